The number of pyridine rings is 2. The van der Waals surface area contributed by atoms with E-state index in [0.717, 1.165) is 5.69 Å². The molecule has 2 heterocycles. The largest absolute Gasteiger partial charge is 0.379 e. The van der Waals surface area contributed by atoms with Crippen molar-refractivity contribution in [1.29, 1.82) is 0 Å². The van der Waals surface area contributed by atoms with Gasteiger partial charge >= 0.3 is 5.69 Å². The third kappa shape index (κ3) is 3.92. The first-order chi connectivity index (χ1) is 12.5. The summed E-state index contributed by atoms with van der Waals surface area (Å²) < 4.78 is 0. The van der Waals surface area contributed by atoms with Gasteiger partial charge in [0.15, 0.2) is 0 Å². The predicted molar refractivity (Wildman–Crippen MR) is 99.1 cm³/mol. The number of aryl methyl sites for hydroxylation is 1. The molecule has 0 aliphatic heterocycles. The molecule has 8 nitrogen and oxygen atoms in total. The van der Waals surface area contributed by atoms with Crippen LogP contribution in [-0.2, 0) is 4.79 Å². The Hall–Kier alpha value is -3.55. The molecule has 0 fully saturated rings. The van der Waals surface area contributed by atoms with Crippen LogP contribution in [0.2, 0.25) is 0 Å². The van der Waals surface area contributed by atoms with Crippen molar-refractivity contribution in [3.63, 3.8) is 0 Å². The van der Waals surface area contributed by atoms with Crippen molar-refractivity contribution in [3.05, 3.63) is 64.5 Å². The Bertz CT molecular complexity index is 974. The summed E-state index contributed by atoms with van der Waals surface area (Å²) in [5.41, 5.74) is 1.67. The van der Waals surface area contributed by atoms with Crippen LogP contribution in [0.3, 0.4) is 0 Å². The number of nitro benzene ring substituents is 1. The quantitative estimate of drug-likeness (QED) is 0.521. The summed E-state index contributed by atoms with van der Waals surface area (Å²) in [5, 5.41) is 17.6. The maximum Gasteiger partial charge on any atom is 0.301 e. The van der Waals surface area contributed by atoms with Crippen molar-refractivity contribution in [1.82, 2.24) is 9.97 Å². The van der Waals surface area contributed by atoms with Crippen LogP contribution in [0.1, 0.15) is 12.1 Å². The van der Waals surface area contributed by atoms with Gasteiger partial charge in [0.2, 0.25) is 5.91 Å². The van der Waals surface area contributed by atoms with E-state index in [0.29, 0.717) is 22.4 Å². The van der Waals surface area contributed by atoms with E-state index in [1.807, 2.05) is 19.1 Å². The van der Waals surface area contributed by atoms with E-state index >= 15 is 0 Å². The Morgan fingerprint density at radius 2 is 2.04 bits per heavy atom. The number of nitro groups is 1. The van der Waals surface area contributed by atoms with E-state index in [-0.39, 0.29) is 24.6 Å². The molecule has 3 rings (SSSR count). The second-order valence-corrected chi connectivity index (χ2v) is 5.68. The van der Waals surface area contributed by atoms with E-state index in [1.165, 1.54) is 0 Å². The monoisotopic (exact) mass is 351 g/mol. The summed E-state index contributed by atoms with van der Waals surface area (Å²) in [5.74, 6) is 0.262. The number of anilines is 2. The number of nitrogens with zero attached hydrogens (tertiary/aromatic N) is 3. The number of benzene rings is 1. The third-order valence-electron chi connectivity index (χ3n) is 3.76. The van der Waals surface area contributed by atoms with Crippen molar-refractivity contribution in [2.24, 2.45) is 0 Å². The second kappa shape index (κ2) is 7.56. The molecule has 0 aliphatic carbocycles. The van der Waals surface area contributed by atoms with Crippen molar-refractivity contribution in [2.75, 3.05) is 17.2 Å². The minimum absolute atomic E-state index is 0.0450. The molecule has 0 saturated heterocycles. The van der Waals surface area contributed by atoms with Crippen LogP contribution in [0.4, 0.5) is 17.2 Å². The van der Waals surface area contributed by atoms with Crippen molar-refractivity contribution in [3.8, 4) is 0 Å². The van der Waals surface area contributed by atoms with Crippen LogP contribution >= 0.6 is 0 Å². The molecule has 0 spiro atoms. The van der Waals surface area contributed by atoms with Gasteiger partial charge in [0.25, 0.3) is 0 Å². The number of carbonyl (C=O) groups excluding carboxylic acids is 1. The van der Waals surface area contributed by atoms with Gasteiger partial charge in [-0.3, -0.25) is 19.9 Å². The van der Waals surface area contributed by atoms with Crippen LogP contribution in [0.25, 0.3) is 10.9 Å². The normalized spacial score (nSPS) is 10.5. The molecule has 1 amide bonds. The fraction of sp³-hybridized carbons (Fsp3) is 0.167. The maximum atomic E-state index is 12.0. The predicted octanol–water partition coefficient (Wildman–Crippen LogP) is 3.29. The lowest BCUT2D eigenvalue weighted by molar-refractivity contribution is -0.382. The fourth-order valence-electron chi connectivity index (χ4n) is 2.60. The highest BCUT2D eigenvalue weighted by atomic mass is 16.6. The molecular formula is C18H17N5O3. The fourth-order valence-corrected chi connectivity index (χ4v) is 2.60. The molecule has 0 unspecified atom stereocenters. The number of nitrogens with one attached hydrogen (secondary N) is 2. The molecule has 2 aromatic heterocycles. The summed E-state index contributed by atoms with van der Waals surface area (Å²) >= 11 is 0. The second-order valence-electron chi connectivity index (χ2n) is 5.68. The molecule has 26 heavy (non-hydrogen) atoms. The highest BCUT2D eigenvalue weighted by Crippen LogP contribution is 2.32. The van der Waals surface area contributed by atoms with Gasteiger partial charge in [0, 0.05) is 24.9 Å². The highest BCUT2D eigenvalue weighted by Gasteiger charge is 2.18. The van der Waals surface area contributed by atoms with Crippen LogP contribution in [0.5, 0.6) is 0 Å². The molecule has 132 valence electrons. The molecule has 0 atom stereocenters. The van der Waals surface area contributed by atoms with Gasteiger partial charge in [-0.25, -0.2) is 4.98 Å². The minimum atomic E-state index is -0.441. The van der Waals surface area contributed by atoms with Crippen LogP contribution in [0.15, 0.2) is 48.7 Å². The summed E-state index contributed by atoms with van der Waals surface area (Å²) in [6, 6.07) is 12.0. The lowest BCUT2D eigenvalue weighted by Crippen LogP contribution is -2.17. The van der Waals surface area contributed by atoms with E-state index in [1.54, 1.807) is 36.5 Å². The zero-order valence-electron chi connectivity index (χ0n) is 14.1. The molecule has 2 N–H and O–H groups in total. The SMILES string of the molecule is Cc1cccc(NC(=O)CCNc2ccc3ncccc3c2[N+](=O)[O-])n1. The number of carbonyl (C=O) groups is 1. The van der Waals surface area contributed by atoms with E-state index in [4.69, 9.17) is 0 Å². The molecule has 8 heteroatoms. The standard InChI is InChI=1S/C18H17N5O3/c1-12-4-2-6-16(21-12)22-17(24)9-11-20-15-8-7-14-13(5-3-10-19-14)18(15)23(25)26/h2-8,10,20H,9,11H2,1H3,(H,21,22,24). The van der Waals surface area contributed by atoms with Gasteiger partial charge in [-0.15, -0.1) is 0 Å². The Morgan fingerprint density at radius 3 is 2.81 bits per heavy atom. The Kier molecular flexibility index (Phi) is 5.02. The van der Waals surface area contributed by atoms with Crippen LogP contribution in [-0.4, -0.2) is 27.3 Å². The zero-order valence-corrected chi connectivity index (χ0v) is 14.1. The molecule has 0 radical (unpaired) electrons. The van der Waals surface area contributed by atoms with Crippen LogP contribution in [0, 0.1) is 17.0 Å². The number of rotatable bonds is 6. The Balaban J connectivity index is 1.67. The number of fused-ring (bicyclic) bond motifs is 1. The summed E-state index contributed by atoms with van der Waals surface area (Å²) in [6.07, 6.45) is 1.74. The number of aromatic nitrogens is 2. The Labute approximate surface area is 149 Å². The number of hydrogen-bond acceptors (Lipinski definition) is 6. The minimum Gasteiger partial charge on any atom is -0.379 e. The average Bonchev–Trinajstić information content (AvgIpc) is 2.61. The molecule has 0 aliphatic rings. The van der Waals surface area contributed by atoms with Crippen LogP contribution < -0.4 is 10.6 Å². The van der Waals surface area contributed by atoms with Crippen molar-refractivity contribution >= 4 is 34.0 Å². The summed E-state index contributed by atoms with van der Waals surface area (Å²) in [4.78, 5) is 31.4. The Morgan fingerprint density at radius 1 is 1.19 bits per heavy atom. The first-order valence-corrected chi connectivity index (χ1v) is 8.04. The van der Waals surface area contributed by atoms with Gasteiger partial charge in [0.1, 0.15) is 11.5 Å². The number of amides is 1. The molecule has 0 bridgehead atoms. The highest BCUT2D eigenvalue weighted by molar-refractivity contribution is 5.94. The van der Waals surface area contributed by atoms with Crippen molar-refractivity contribution < 1.29 is 9.72 Å². The smallest absolute Gasteiger partial charge is 0.301 e. The van der Waals surface area contributed by atoms with Gasteiger partial charge in [-0.2, -0.15) is 0 Å². The van der Waals surface area contributed by atoms with E-state index < -0.39 is 4.92 Å². The van der Waals surface area contributed by atoms with Gasteiger partial charge < -0.3 is 10.6 Å². The summed E-state index contributed by atoms with van der Waals surface area (Å²) in [7, 11) is 0. The van der Waals surface area contributed by atoms with Gasteiger partial charge in [-0.1, -0.05) is 6.07 Å². The van der Waals surface area contributed by atoms with Gasteiger partial charge in [-0.05, 0) is 43.3 Å². The van der Waals surface area contributed by atoms with Gasteiger partial charge in [0.05, 0.1) is 15.8 Å². The number of hydrogen-bond donors (Lipinski definition) is 2. The molecular weight excluding hydrogens is 334 g/mol. The molecule has 1 aromatic carbocycles. The lowest BCUT2D eigenvalue weighted by atomic mass is 10.1. The summed E-state index contributed by atoms with van der Waals surface area (Å²) in [6.45, 7) is 2.09. The maximum absolute atomic E-state index is 12.0. The van der Waals surface area contributed by atoms with Crippen molar-refractivity contribution in [2.45, 2.75) is 13.3 Å². The topological polar surface area (TPSA) is 110 Å². The first kappa shape index (κ1) is 17.3. The average molecular weight is 351 g/mol. The first-order valence-electron chi connectivity index (χ1n) is 8.04. The zero-order chi connectivity index (χ0) is 18.5. The third-order valence-corrected chi connectivity index (χ3v) is 3.76. The molecule has 3 aromatic rings. The molecule has 0 saturated carbocycles. The van der Waals surface area contributed by atoms with E-state index in [9.17, 15) is 14.9 Å². The van der Waals surface area contributed by atoms with E-state index in [2.05, 4.69) is 20.6 Å². The lowest BCUT2D eigenvalue weighted by Gasteiger charge is -2.09.